The number of thiazole rings is 1. The largest absolute Gasteiger partial charge is 0.295 e. The van der Waals surface area contributed by atoms with Crippen LogP contribution in [0.15, 0.2) is 35.7 Å². The molecule has 0 radical (unpaired) electrons. The molecule has 0 unspecified atom stereocenters. The van der Waals surface area contributed by atoms with Gasteiger partial charge in [-0.15, -0.1) is 11.3 Å². The van der Waals surface area contributed by atoms with E-state index in [0.29, 0.717) is 26.2 Å². The van der Waals surface area contributed by atoms with Crippen LogP contribution in [-0.4, -0.2) is 66.2 Å². The lowest BCUT2D eigenvalue weighted by molar-refractivity contribution is 0.174. The molecule has 2 aromatic rings. The first-order valence-corrected chi connectivity index (χ1v) is 11.3. The zero-order valence-electron chi connectivity index (χ0n) is 15.3. The van der Waals surface area contributed by atoms with Gasteiger partial charge in [-0.3, -0.25) is 4.90 Å². The summed E-state index contributed by atoms with van der Waals surface area (Å²) < 4.78 is 28.3. The third-order valence-corrected chi connectivity index (χ3v) is 7.77. The van der Waals surface area contributed by atoms with Crippen molar-refractivity contribution in [2.45, 2.75) is 20.4 Å². The Morgan fingerprint density at radius 2 is 1.73 bits per heavy atom. The average Bonchev–Trinajstić information content (AvgIpc) is 3.12. The van der Waals surface area contributed by atoms with Crippen LogP contribution < -0.4 is 0 Å². The van der Waals surface area contributed by atoms with Gasteiger partial charge >= 0.3 is 0 Å². The molecule has 1 aliphatic rings. The summed E-state index contributed by atoms with van der Waals surface area (Å²) >= 11 is 1.66. The summed E-state index contributed by atoms with van der Waals surface area (Å²) in [7, 11) is -3.33. The molecule has 1 aromatic carbocycles. The van der Waals surface area contributed by atoms with E-state index in [9.17, 15) is 8.42 Å². The SMILES string of the molecule is CCN(CC)S(=O)(=O)N1CCN(Cc2csc(-c3ccccc3)n2)CC1. The third kappa shape index (κ3) is 4.32. The molecule has 1 saturated heterocycles. The molecule has 0 spiro atoms. The fourth-order valence-corrected chi connectivity index (χ4v) is 5.57. The molecule has 2 heterocycles. The number of hydrogen-bond acceptors (Lipinski definition) is 5. The van der Waals surface area contributed by atoms with E-state index in [0.717, 1.165) is 35.9 Å². The molecule has 0 atom stereocenters. The summed E-state index contributed by atoms with van der Waals surface area (Å²) in [5.41, 5.74) is 2.19. The Morgan fingerprint density at radius 1 is 1.08 bits per heavy atom. The van der Waals surface area contributed by atoms with Crippen molar-refractivity contribution in [1.29, 1.82) is 0 Å². The highest BCUT2D eigenvalue weighted by Gasteiger charge is 2.30. The predicted molar refractivity (Wildman–Crippen MR) is 106 cm³/mol. The van der Waals surface area contributed by atoms with Crippen molar-refractivity contribution < 1.29 is 8.42 Å². The van der Waals surface area contributed by atoms with Gasteiger partial charge in [0.25, 0.3) is 10.2 Å². The first-order chi connectivity index (χ1) is 12.5. The average molecular weight is 395 g/mol. The van der Waals surface area contributed by atoms with Gasteiger partial charge in [-0.1, -0.05) is 44.2 Å². The van der Waals surface area contributed by atoms with Crippen molar-refractivity contribution in [3.63, 3.8) is 0 Å². The molecule has 0 bridgehead atoms. The van der Waals surface area contributed by atoms with E-state index in [1.807, 2.05) is 32.0 Å². The lowest BCUT2D eigenvalue weighted by Gasteiger charge is -2.36. The lowest BCUT2D eigenvalue weighted by atomic mass is 10.2. The minimum absolute atomic E-state index is 0.514. The van der Waals surface area contributed by atoms with Crippen LogP contribution >= 0.6 is 11.3 Å². The van der Waals surface area contributed by atoms with E-state index >= 15 is 0 Å². The topological polar surface area (TPSA) is 56.8 Å². The Kier molecular flexibility index (Phi) is 6.42. The van der Waals surface area contributed by atoms with Gasteiger partial charge in [0.05, 0.1) is 5.69 Å². The normalized spacial score (nSPS) is 17.0. The van der Waals surface area contributed by atoms with Crippen molar-refractivity contribution in [1.82, 2.24) is 18.5 Å². The van der Waals surface area contributed by atoms with Gasteiger partial charge in [0.15, 0.2) is 0 Å². The zero-order valence-corrected chi connectivity index (χ0v) is 17.0. The molecule has 26 heavy (non-hydrogen) atoms. The summed E-state index contributed by atoms with van der Waals surface area (Å²) in [4.78, 5) is 7.01. The second kappa shape index (κ2) is 8.58. The minimum atomic E-state index is -3.33. The molecule has 1 fully saturated rings. The maximum atomic E-state index is 12.6. The number of rotatable bonds is 7. The van der Waals surface area contributed by atoms with E-state index in [1.54, 1.807) is 15.6 Å². The Labute approximate surface area is 160 Å². The lowest BCUT2D eigenvalue weighted by Crippen LogP contribution is -2.52. The summed E-state index contributed by atoms with van der Waals surface area (Å²) in [5.74, 6) is 0. The summed E-state index contributed by atoms with van der Waals surface area (Å²) in [6.45, 7) is 8.09. The van der Waals surface area contributed by atoms with Gasteiger partial charge < -0.3 is 0 Å². The molecule has 3 rings (SSSR count). The molecule has 1 aromatic heterocycles. The maximum absolute atomic E-state index is 12.6. The summed E-state index contributed by atoms with van der Waals surface area (Å²) in [6.07, 6.45) is 0. The number of piperazine rings is 1. The summed E-state index contributed by atoms with van der Waals surface area (Å²) in [6, 6.07) is 10.2. The van der Waals surface area contributed by atoms with Crippen LogP contribution in [0.25, 0.3) is 10.6 Å². The van der Waals surface area contributed by atoms with Crippen LogP contribution in [0.5, 0.6) is 0 Å². The van der Waals surface area contributed by atoms with Crippen molar-refractivity contribution in [2.75, 3.05) is 39.3 Å². The molecular formula is C18H26N4O2S2. The monoisotopic (exact) mass is 394 g/mol. The van der Waals surface area contributed by atoms with Gasteiger partial charge in [-0.2, -0.15) is 17.0 Å². The number of aromatic nitrogens is 1. The highest BCUT2D eigenvalue weighted by molar-refractivity contribution is 7.86. The van der Waals surface area contributed by atoms with E-state index in [1.165, 1.54) is 4.31 Å². The molecular weight excluding hydrogens is 368 g/mol. The second-order valence-corrected chi connectivity index (χ2v) is 9.06. The van der Waals surface area contributed by atoms with Crippen LogP contribution in [0, 0.1) is 0 Å². The van der Waals surface area contributed by atoms with Gasteiger partial charge in [-0.25, -0.2) is 4.98 Å². The van der Waals surface area contributed by atoms with Crippen LogP contribution in [0.2, 0.25) is 0 Å². The van der Waals surface area contributed by atoms with Gasteiger partial charge in [0, 0.05) is 56.8 Å². The number of nitrogens with zero attached hydrogens (tertiary/aromatic N) is 4. The van der Waals surface area contributed by atoms with Crippen LogP contribution in [0.4, 0.5) is 0 Å². The number of benzene rings is 1. The molecule has 0 aliphatic carbocycles. The van der Waals surface area contributed by atoms with Gasteiger partial charge in [0.1, 0.15) is 5.01 Å². The highest BCUT2D eigenvalue weighted by atomic mass is 32.2. The fourth-order valence-electron chi connectivity index (χ4n) is 3.15. The van der Waals surface area contributed by atoms with Crippen LogP contribution in [-0.2, 0) is 16.8 Å². The molecule has 142 valence electrons. The first-order valence-electron chi connectivity index (χ1n) is 9.02. The van der Waals surface area contributed by atoms with E-state index in [4.69, 9.17) is 4.98 Å². The third-order valence-electron chi connectivity index (χ3n) is 4.65. The Morgan fingerprint density at radius 3 is 2.35 bits per heavy atom. The molecule has 0 amide bonds. The van der Waals surface area contributed by atoms with Gasteiger partial charge in [-0.05, 0) is 0 Å². The minimum Gasteiger partial charge on any atom is -0.295 e. The first kappa shape index (κ1) is 19.4. The van der Waals surface area contributed by atoms with Gasteiger partial charge in [0.2, 0.25) is 0 Å². The van der Waals surface area contributed by atoms with Crippen molar-refractivity contribution in [2.24, 2.45) is 0 Å². The fraction of sp³-hybridized carbons (Fsp3) is 0.500. The quantitative estimate of drug-likeness (QED) is 0.724. The van der Waals surface area contributed by atoms with E-state index in [2.05, 4.69) is 22.4 Å². The van der Waals surface area contributed by atoms with E-state index < -0.39 is 10.2 Å². The van der Waals surface area contributed by atoms with Crippen LogP contribution in [0.3, 0.4) is 0 Å². The standard InChI is InChI=1S/C18H26N4O2S2/c1-3-21(4-2)26(23,24)22-12-10-20(11-13-22)14-17-15-25-18(19-17)16-8-6-5-7-9-16/h5-9,15H,3-4,10-14H2,1-2H3. The molecule has 6 nitrogen and oxygen atoms in total. The molecule has 0 saturated carbocycles. The van der Waals surface area contributed by atoms with Crippen molar-refractivity contribution in [3.8, 4) is 10.6 Å². The highest BCUT2D eigenvalue weighted by Crippen LogP contribution is 2.24. The summed E-state index contributed by atoms with van der Waals surface area (Å²) in [5, 5.41) is 3.13. The molecule has 8 heteroatoms. The Hall–Kier alpha value is -1.32. The van der Waals surface area contributed by atoms with E-state index in [-0.39, 0.29) is 0 Å². The van der Waals surface area contributed by atoms with Crippen LogP contribution in [0.1, 0.15) is 19.5 Å². The zero-order chi connectivity index (χ0) is 18.6. The predicted octanol–water partition coefficient (Wildman–Crippen LogP) is 2.51. The van der Waals surface area contributed by atoms with Crippen molar-refractivity contribution in [3.05, 3.63) is 41.4 Å². The second-order valence-electron chi connectivity index (χ2n) is 6.28. The molecule has 1 aliphatic heterocycles. The van der Waals surface area contributed by atoms with Crippen molar-refractivity contribution >= 4 is 21.5 Å². The Bertz CT molecular complexity index is 796. The smallest absolute Gasteiger partial charge is 0.282 e. The number of hydrogen-bond donors (Lipinski definition) is 0. The Balaban J connectivity index is 1.57. The molecule has 0 N–H and O–H groups in total. The maximum Gasteiger partial charge on any atom is 0.282 e.